The van der Waals surface area contributed by atoms with Gasteiger partial charge in [-0.25, -0.2) is 0 Å². The molecule has 0 fully saturated rings. The lowest BCUT2D eigenvalue weighted by Crippen LogP contribution is -2.28. The topological polar surface area (TPSA) is 9.86 Å². The Morgan fingerprint density at radius 1 is 0.227 bits per heavy atom. The lowest BCUT2D eigenvalue weighted by atomic mass is 9.67. The van der Waals surface area contributed by atoms with Gasteiger partial charge in [0, 0.05) is 32.8 Å². The van der Waals surface area contributed by atoms with Crippen LogP contribution in [-0.4, -0.2) is 9.13 Å². The van der Waals surface area contributed by atoms with E-state index < -0.39 is 5.41 Å². The zero-order valence-corrected chi connectivity index (χ0v) is 41.1. The molecule has 75 heavy (non-hydrogen) atoms. The van der Waals surface area contributed by atoms with E-state index in [0.717, 1.165) is 5.69 Å². The fraction of sp³-hybridized carbons (Fsp3) is 0.0137. The summed E-state index contributed by atoms with van der Waals surface area (Å²) in [5, 5.41) is 4.96. The van der Waals surface area contributed by atoms with Gasteiger partial charge < -0.3 is 9.13 Å². The molecule has 350 valence electrons. The first-order valence-corrected chi connectivity index (χ1v) is 26.0. The molecule has 2 nitrogen and oxygen atoms in total. The molecule has 12 aromatic carbocycles. The summed E-state index contributed by atoms with van der Waals surface area (Å²) in [6.07, 6.45) is 0. The van der Waals surface area contributed by atoms with Crippen LogP contribution in [0.1, 0.15) is 22.3 Å². The van der Waals surface area contributed by atoms with E-state index in [1.807, 2.05) is 0 Å². The van der Waals surface area contributed by atoms with Crippen LogP contribution in [0.2, 0.25) is 0 Å². The second kappa shape index (κ2) is 17.2. The molecule has 0 amide bonds. The molecule has 0 N–H and O–H groups in total. The smallest absolute Gasteiger partial charge is 0.0713 e. The van der Waals surface area contributed by atoms with Crippen LogP contribution in [0.4, 0.5) is 0 Å². The van der Waals surface area contributed by atoms with Gasteiger partial charge in [-0.3, -0.25) is 0 Å². The van der Waals surface area contributed by atoms with Gasteiger partial charge in [0.25, 0.3) is 0 Å². The van der Waals surface area contributed by atoms with Crippen LogP contribution < -0.4 is 0 Å². The molecule has 0 unspecified atom stereocenters. The van der Waals surface area contributed by atoms with E-state index in [0.29, 0.717) is 0 Å². The highest BCUT2D eigenvalue weighted by Gasteiger charge is 2.46. The molecule has 1 aliphatic rings. The second-order valence-corrected chi connectivity index (χ2v) is 19.9. The van der Waals surface area contributed by atoms with Crippen molar-refractivity contribution in [3.05, 3.63) is 313 Å². The van der Waals surface area contributed by atoms with Crippen LogP contribution in [-0.2, 0) is 5.41 Å². The van der Waals surface area contributed by atoms with Crippen molar-refractivity contribution in [2.24, 2.45) is 0 Å². The van der Waals surface area contributed by atoms with Gasteiger partial charge >= 0.3 is 0 Å². The average molecular weight is 953 g/mol. The number of para-hydroxylation sites is 4. The summed E-state index contributed by atoms with van der Waals surface area (Å²) in [5.74, 6) is 0. The number of nitrogens with zero attached hydrogens (tertiary/aromatic N) is 2. The third-order valence-corrected chi connectivity index (χ3v) is 16.0. The molecule has 0 aliphatic heterocycles. The minimum absolute atomic E-state index is 0.448. The number of rotatable bonds is 8. The predicted octanol–water partition coefficient (Wildman–Crippen LogP) is 18.9. The Labute approximate surface area is 436 Å². The minimum atomic E-state index is -0.448. The Balaban J connectivity index is 0.810. The van der Waals surface area contributed by atoms with Crippen molar-refractivity contribution in [2.45, 2.75) is 5.41 Å². The molecule has 0 atom stereocenters. The molecule has 2 heterocycles. The molecule has 2 heteroatoms. The molecular formula is C73H48N2. The Hall–Kier alpha value is -9.76. The molecule has 0 saturated carbocycles. The van der Waals surface area contributed by atoms with Gasteiger partial charge in [-0.15, -0.1) is 0 Å². The number of fused-ring (bicyclic) bond motifs is 9. The molecule has 1 aliphatic carbocycles. The fourth-order valence-electron chi connectivity index (χ4n) is 12.8. The summed E-state index contributed by atoms with van der Waals surface area (Å²) < 4.78 is 4.85. The first-order valence-electron chi connectivity index (χ1n) is 26.0. The van der Waals surface area contributed by atoms with E-state index in [9.17, 15) is 0 Å². The van der Waals surface area contributed by atoms with Crippen LogP contribution in [0, 0.1) is 0 Å². The standard InChI is InChI=1S/C73H48N2/c1-3-21-54(22-4-1)73(66-33-14-9-28-59(66)60-29-10-15-34-67(60)73)55-23-19-20-51(46-55)49-38-40-50(41-39-49)57-26-7-8-27-58(57)61-30-11-17-36-69(61)75-70-37-18-13-32-63(70)65-48-53(43-45-72(65)75)52-42-44-71-64(47-52)62-31-12-16-35-68(62)74(71)56-24-5-2-6-25-56/h1-48H. The Kier molecular flexibility index (Phi) is 9.83. The van der Waals surface area contributed by atoms with Crippen molar-refractivity contribution in [2.75, 3.05) is 0 Å². The number of aromatic nitrogens is 2. The SMILES string of the molecule is c1ccc(-n2c3ccccc3c3cc(-c4ccc5c(c4)c4ccccc4n5-c4ccccc4-c4ccccc4-c4ccc(-c5cccc(C6(c7ccccc7)c7ccccc7-c7ccccc76)c5)cc4)ccc32)cc1. The molecular weight excluding hydrogens is 905 g/mol. The van der Waals surface area contributed by atoms with Crippen molar-refractivity contribution < 1.29 is 0 Å². The lowest BCUT2D eigenvalue weighted by Gasteiger charge is -2.34. The Morgan fingerprint density at radius 2 is 0.667 bits per heavy atom. The monoisotopic (exact) mass is 952 g/mol. The second-order valence-electron chi connectivity index (χ2n) is 19.9. The number of hydrogen-bond donors (Lipinski definition) is 0. The highest BCUT2D eigenvalue weighted by Crippen LogP contribution is 2.56. The van der Waals surface area contributed by atoms with Gasteiger partial charge in [0.05, 0.1) is 33.2 Å². The first-order chi connectivity index (χ1) is 37.2. The van der Waals surface area contributed by atoms with Crippen molar-refractivity contribution in [3.8, 4) is 67.0 Å². The van der Waals surface area contributed by atoms with E-state index in [4.69, 9.17) is 0 Å². The summed E-state index contributed by atoms with van der Waals surface area (Å²) in [4.78, 5) is 0. The van der Waals surface area contributed by atoms with Crippen molar-refractivity contribution in [1.29, 1.82) is 0 Å². The highest BCUT2D eigenvalue weighted by atomic mass is 15.0. The van der Waals surface area contributed by atoms with Crippen LogP contribution in [0.3, 0.4) is 0 Å². The Morgan fingerprint density at radius 3 is 1.32 bits per heavy atom. The molecule has 0 saturated heterocycles. The third kappa shape index (κ3) is 6.60. The summed E-state index contributed by atoms with van der Waals surface area (Å²) in [6, 6.07) is 107. The van der Waals surface area contributed by atoms with Gasteiger partial charge in [0.15, 0.2) is 0 Å². The zero-order valence-electron chi connectivity index (χ0n) is 41.1. The van der Waals surface area contributed by atoms with E-state index in [1.165, 1.54) is 127 Å². The summed E-state index contributed by atoms with van der Waals surface area (Å²) in [7, 11) is 0. The average Bonchev–Trinajstić information content (AvgIpc) is 4.22. The van der Waals surface area contributed by atoms with Gasteiger partial charge in [-0.05, 0) is 133 Å². The van der Waals surface area contributed by atoms with Gasteiger partial charge in [0.1, 0.15) is 0 Å². The van der Waals surface area contributed by atoms with E-state index in [1.54, 1.807) is 0 Å². The van der Waals surface area contributed by atoms with Crippen LogP contribution in [0.25, 0.3) is 111 Å². The fourth-order valence-corrected chi connectivity index (χ4v) is 12.8. The van der Waals surface area contributed by atoms with Gasteiger partial charge in [-0.1, -0.05) is 231 Å². The normalized spacial score (nSPS) is 12.6. The molecule has 0 spiro atoms. The van der Waals surface area contributed by atoms with E-state index >= 15 is 0 Å². The van der Waals surface area contributed by atoms with Gasteiger partial charge in [0.2, 0.25) is 0 Å². The predicted molar refractivity (Wildman–Crippen MR) is 314 cm³/mol. The third-order valence-electron chi connectivity index (χ3n) is 16.0. The zero-order chi connectivity index (χ0) is 49.5. The maximum atomic E-state index is 2.47. The van der Waals surface area contributed by atoms with Crippen molar-refractivity contribution in [1.82, 2.24) is 9.13 Å². The van der Waals surface area contributed by atoms with Gasteiger partial charge in [-0.2, -0.15) is 0 Å². The van der Waals surface area contributed by atoms with Crippen LogP contribution in [0.15, 0.2) is 291 Å². The first kappa shape index (κ1) is 42.9. The van der Waals surface area contributed by atoms with E-state index in [-0.39, 0.29) is 0 Å². The Bertz CT molecular complexity index is 4470. The molecule has 15 rings (SSSR count). The number of hydrogen-bond acceptors (Lipinski definition) is 0. The minimum Gasteiger partial charge on any atom is -0.309 e. The summed E-state index contributed by atoms with van der Waals surface area (Å²) in [5.41, 5.74) is 23.9. The quantitative estimate of drug-likeness (QED) is 0.144. The lowest BCUT2D eigenvalue weighted by molar-refractivity contribution is 0.769. The molecule has 0 bridgehead atoms. The summed E-state index contributed by atoms with van der Waals surface area (Å²) in [6.45, 7) is 0. The highest BCUT2D eigenvalue weighted by molar-refractivity contribution is 6.13. The maximum Gasteiger partial charge on any atom is 0.0713 e. The molecule has 14 aromatic rings. The van der Waals surface area contributed by atoms with Crippen LogP contribution >= 0.6 is 0 Å². The number of benzene rings is 12. The summed E-state index contributed by atoms with van der Waals surface area (Å²) >= 11 is 0. The van der Waals surface area contributed by atoms with E-state index in [2.05, 4.69) is 300 Å². The molecule has 2 aromatic heterocycles. The van der Waals surface area contributed by atoms with Crippen molar-refractivity contribution in [3.63, 3.8) is 0 Å². The largest absolute Gasteiger partial charge is 0.309 e. The maximum absolute atomic E-state index is 2.47. The molecule has 0 radical (unpaired) electrons. The van der Waals surface area contributed by atoms with Crippen molar-refractivity contribution >= 4 is 43.6 Å². The van der Waals surface area contributed by atoms with Crippen LogP contribution in [0.5, 0.6) is 0 Å².